The van der Waals surface area contributed by atoms with Crippen LogP contribution in [0.1, 0.15) is 51.6 Å². The zero-order valence-electron chi connectivity index (χ0n) is 15.1. The van der Waals surface area contributed by atoms with Crippen LogP contribution >= 0.6 is 11.3 Å². The van der Waals surface area contributed by atoms with Crippen LogP contribution in [0.5, 0.6) is 0 Å². The van der Waals surface area contributed by atoms with Crippen molar-refractivity contribution in [3.8, 4) is 0 Å². The minimum Gasteiger partial charge on any atom is -0.342 e. The van der Waals surface area contributed by atoms with Crippen molar-refractivity contribution in [2.75, 3.05) is 19.6 Å². The highest BCUT2D eigenvalue weighted by Crippen LogP contribution is 2.27. The zero-order valence-corrected chi connectivity index (χ0v) is 15.9. The van der Waals surface area contributed by atoms with Gasteiger partial charge in [0.1, 0.15) is 5.82 Å². The molecule has 7 heteroatoms. The Morgan fingerprint density at radius 1 is 1.27 bits per heavy atom. The Kier molecular flexibility index (Phi) is 4.48. The van der Waals surface area contributed by atoms with E-state index in [-0.39, 0.29) is 17.7 Å². The molecule has 26 heavy (non-hydrogen) atoms. The van der Waals surface area contributed by atoms with Crippen LogP contribution in [-0.2, 0) is 17.8 Å². The van der Waals surface area contributed by atoms with E-state index in [1.165, 1.54) is 0 Å². The summed E-state index contributed by atoms with van der Waals surface area (Å²) in [7, 11) is 0. The lowest BCUT2D eigenvalue weighted by Crippen LogP contribution is -2.36. The number of carbonyl (C=O) groups is 2. The third-order valence-corrected chi connectivity index (χ3v) is 6.08. The van der Waals surface area contributed by atoms with Gasteiger partial charge in [-0.25, -0.2) is 9.97 Å². The number of aryl methyl sites for hydroxylation is 1. The fourth-order valence-electron chi connectivity index (χ4n) is 3.70. The first-order valence-electron chi connectivity index (χ1n) is 8.96. The van der Waals surface area contributed by atoms with Crippen molar-refractivity contribution in [3.05, 3.63) is 45.2 Å². The maximum atomic E-state index is 12.7. The number of amides is 2. The van der Waals surface area contributed by atoms with Crippen LogP contribution in [0, 0.1) is 6.92 Å². The van der Waals surface area contributed by atoms with Crippen LogP contribution in [0.3, 0.4) is 0 Å². The van der Waals surface area contributed by atoms with E-state index in [9.17, 15) is 9.59 Å². The number of fused-ring (bicyclic) bond motifs is 1. The van der Waals surface area contributed by atoms with Gasteiger partial charge in [0.05, 0.1) is 11.3 Å². The Balaban J connectivity index is 1.48. The first-order chi connectivity index (χ1) is 12.5. The van der Waals surface area contributed by atoms with Gasteiger partial charge >= 0.3 is 0 Å². The normalized spacial score (nSPS) is 19.5. The molecular weight excluding hydrogens is 348 g/mol. The third-order valence-electron chi connectivity index (χ3n) is 5.22. The molecule has 4 rings (SSSR count). The van der Waals surface area contributed by atoms with Crippen molar-refractivity contribution in [1.29, 1.82) is 0 Å². The van der Waals surface area contributed by atoms with Gasteiger partial charge in [-0.05, 0) is 19.4 Å². The number of aromatic nitrogens is 2. The highest BCUT2D eigenvalue weighted by Gasteiger charge is 2.29. The van der Waals surface area contributed by atoms with E-state index in [2.05, 4.69) is 4.98 Å². The molecule has 136 valence electrons. The number of hydrogen-bond donors (Lipinski definition) is 0. The van der Waals surface area contributed by atoms with E-state index in [0.717, 1.165) is 46.9 Å². The van der Waals surface area contributed by atoms with E-state index in [0.29, 0.717) is 19.6 Å². The van der Waals surface area contributed by atoms with Crippen LogP contribution in [0.4, 0.5) is 0 Å². The van der Waals surface area contributed by atoms with Gasteiger partial charge in [0.15, 0.2) is 0 Å². The second-order valence-electron chi connectivity index (χ2n) is 7.07. The van der Waals surface area contributed by atoms with Gasteiger partial charge in [0, 0.05) is 67.5 Å². The lowest BCUT2D eigenvalue weighted by Gasteiger charge is -2.28. The van der Waals surface area contributed by atoms with Gasteiger partial charge < -0.3 is 9.80 Å². The summed E-state index contributed by atoms with van der Waals surface area (Å²) in [5.74, 6) is 1.25. The molecule has 0 saturated carbocycles. The van der Waals surface area contributed by atoms with Crippen molar-refractivity contribution in [2.24, 2.45) is 0 Å². The maximum absolute atomic E-state index is 12.7. The minimum atomic E-state index is 0.0805. The largest absolute Gasteiger partial charge is 0.342 e. The molecule has 0 aliphatic carbocycles. The standard InChI is InChI=1S/C19H22N4O2S/c1-12-7-15(11-26-12)19(25)23-6-4-17-16(10-23)8-20-18(21-17)14-3-5-22(9-14)13(2)24/h7-8,11,14H,3-6,9-10H2,1-2H3/t14-/m0/s1. The summed E-state index contributed by atoms with van der Waals surface area (Å²) in [6.45, 7) is 6.35. The SMILES string of the molecule is CC(=O)N1CC[C@H](c2ncc3c(n2)CCN(C(=O)c2csc(C)c2)C3)C1. The molecule has 2 aromatic heterocycles. The van der Waals surface area contributed by atoms with E-state index >= 15 is 0 Å². The molecule has 0 unspecified atom stereocenters. The highest BCUT2D eigenvalue weighted by atomic mass is 32.1. The van der Waals surface area contributed by atoms with E-state index in [1.807, 2.05) is 34.4 Å². The molecule has 0 N–H and O–H groups in total. The molecule has 2 amide bonds. The van der Waals surface area contributed by atoms with Gasteiger partial charge in [0.25, 0.3) is 5.91 Å². The highest BCUT2D eigenvalue weighted by molar-refractivity contribution is 7.10. The zero-order chi connectivity index (χ0) is 18.3. The Bertz CT molecular complexity index is 863. The van der Waals surface area contributed by atoms with Crippen LogP contribution in [0.2, 0.25) is 0 Å². The number of thiophene rings is 1. The fourth-order valence-corrected chi connectivity index (χ4v) is 4.37. The summed E-state index contributed by atoms with van der Waals surface area (Å²) in [5.41, 5.74) is 2.84. The van der Waals surface area contributed by atoms with Gasteiger partial charge in [-0.1, -0.05) is 0 Å². The minimum absolute atomic E-state index is 0.0805. The molecule has 0 spiro atoms. The van der Waals surface area contributed by atoms with Crippen molar-refractivity contribution in [1.82, 2.24) is 19.8 Å². The smallest absolute Gasteiger partial charge is 0.255 e. The second kappa shape index (κ2) is 6.79. The number of likely N-dealkylation sites (tertiary alicyclic amines) is 1. The summed E-state index contributed by atoms with van der Waals surface area (Å²) in [4.78, 5) is 38.4. The summed E-state index contributed by atoms with van der Waals surface area (Å²) in [6, 6.07) is 1.95. The molecule has 0 radical (unpaired) electrons. The first-order valence-corrected chi connectivity index (χ1v) is 9.84. The lowest BCUT2D eigenvalue weighted by atomic mass is 10.0. The number of rotatable bonds is 2. The summed E-state index contributed by atoms with van der Waals surface area (Å²) >= 11 is 1.60. The van der Waals surface area contributed by atoms with E-state index < -0.39 is 0 Å². The summed E-state index contributed by atoms with van der Waals surface area (Å²) in [5, 5.41) is 1.92. The van der Waals surface area contributed by atoms with Crippen molar-refractivity contribution in [3.63, 3.8) is 0 Å². The van der Waals surface area contributed by atoms with E-state index in [1.54, 1.807) is 18.3 Å². The Labute approximate surface area is 156 Å². The maximum Gasteiger partial charge on any atom is 0.255 e. The van der Waals surface area contributed by atoms with Gasteiger partial charge in [-0.3, -0.25) is 9.59 Å². The quantitative estimate of drug-likeness (QED) is 0.814. The second-order valence-corrected chi connectivity index (χ2v) is 8.19. The molecule has 0 bridgehead atoms. The molecule has 2 aliphatic heterocycles. The average molecular weight is 370 g/mol. The molecule has 4 heterocycles. The predicted octanol–water partition coefficient (Wildman–Crippen LogP) is 2.38. The van der Waals surface area contributed by atoms with Crippen molar-refractivity contribution < 1.29 is 9.59 Å². The molecule has 1 saturated heterocycles. The lowest BCUT2D eigenvalue weighted by molar-refractivity contribution is -0.127. The van der Waals surface area contributed by atoms with Crippen molar-refractivity contribution in [2.45, 2.75) is 39.2 Å². The topological polar surface area (TPSA) is 66.4 Å². The molecule has 2 aliphatic rings. The molecular formula is C19H22N4O2S. The van der Waals surface area contributed by atoms with Crippen LogP contribution < -0.4 is 0 Å². The van der Waals surface area contributed by atoms with Crippen molar-refractivity contribution >= 4 is 23.2 Å². The molecule has 0 aromatic carbocycles. The molecule has 1 atom stereocenters. The number of hydrogen-bond acceptors (Lipinski definition) is 5. The third kappa shape index (κ3) is 3.23. The predicted molar refractivity (Wildman–Crippen MR) is 99.1 cm³/mol. The van der Waals surface area contributed by atoms with Gasteiger partial charge in [0.2, 0.25) is 5.91 Å². The summed E-state index contributed by atoms with van der Waals surface area (Å²) < 4.78 is 0. The van der Waals surface area contributed by atoms with Gasteiger partial charge in [-0.2, -0.15) is 0 Å². The van der Waals surface area contributed by atoms with Crippen LogP contribution in [0.15, 0.2) is 17.6 Å². The van der Waals surface area contributed by atoms with Gasteiger partial charge in [-0.15, -0.1) is 11.3 Å². The Hall–Kier alpha value is -2.28. The molecule has 2 aromatic rings. The fraction of sp³-hybridized carbons (Fsp3) is 0.474. The first kappa shape index (κ1) is 17.1. The molecule has 1 fully saturated rings. The average Bonchev–Trinajstić information content (AvgIpc) is 3.29. The number of nitrogens with zero attached hydrogens (tertiary/aromatic N) is 4. The summed E-state index contributed by atoms with van der Waals surface area (Å²) in [6.07, 6.45) is 3.54. The number of carbonyl (C=O) groups excluding carboxylic acids is 2. The molecule has 6 nitrogen and oxygen atoms in total. The van der Waals surface area contributed by atoms with Crippen LogP contribution in [0.25, 0.3) is 0 Å². The Morgan fingerprint density at radius 2 is 2.12 bits per heavy atom. The van der Waals surface area contributed by atoms with E-state index in [4.69, 9.17) is 4.98 Å². The van der Waals surface area contributed by atoms with Crippen LogP contribution in [-0.4, -0.2) is 51.2 Å². The Morgan fingerprint density at radius 3 is 2.81 bits per heavy atom. The monoisotopic (exact) mass is 370 g/mol.